The molecule has 0 saturated heterocycles. The number of methoxy groups -OCH3 is 2. The highest BCUT2D eigenvalue weighted by Crippen LogP contribution is 2.28. The fraction of sp³-hybridized carbons (Fsp3) is 0.231. The summed E-state index contributed by atoms with van der Waals surface area (Å²) >= 11 is 6.21. The third-order valence-corrected chi connectivity index (χ3v) is 3.03. The highest BCUT2D eigenvalue weighted by molar-refractivity contribution is 6.38. The predicted octanol–water partition coefficient (Wildman–Crippen LogP) is 2.82. The van der Waals surface area contributed by atoms with Crippen molar-refractivity contribution < 1.29 is 14.3 Å². The van der Waals surface area contributed by atoms with E-state index in [-0.39, 0.29) is 5.56 Å². The lowest BCUT2D eigenvalue weighted by Gasteiger charge is -2.08. The highest BCUT2D eigenvalue weighted by Gasteiger charge is 2.15. The van der Waals surface area contributed by atoms with E-state index in [1.54, 1.807) is 7.11 Å². The first-order valence-corrected chi connectivity index (χ1v) is 5.70. The molecule has 0 spiro atoms. The molecule has 0 aliphatic rings. The molecule has 1 aromatic carbocycles. The van der Waals surface area contributed by atoms with E-state index >= 15 is 0 Å². The van der Waals surface area contributed by atoms with E-state index in [2.05, 4.69) is 9.72 Å². The zero-order valence-corrected chi connectivity index (χ0v) is 10.8. The third kappa shape index (κ3) is 2.17. The molecule has 1 aromatic heterocycles. The van der Waals surface area contributed by atoms with Crippen molar-refractivity contribution in [3.8, 4) is 0 Å². The van der Waals surface area contributed by atoms with Crippen LogP contribution in [0.3, 0.4) is 0 Å². The zero-order chi connectivity index (χ0) is 13.1. The Kier molecular flexibility index (Phi) is 3.79. The number of nitrogens with zero attached hydrogens (tertiary/aromatic N) is 1. The Morgan fingerprint density at radius 3 is 2.83 bits per heavy atom. The van der Waals surface area contributed by atoms with Gasteiger partial charge in [0.05, 0.1) is 29.8 Å². The molecule has 0 radical (unpaired) electrons. The van der Waals surface area contributed by atoms with E-state index in [4.69, 9.17) is 16.3 Å². The Balaban J connectivity index is 2.65. The molecule has 0 aliphatic heterocycles. The summed E-state index contributed by atoms with van der Waals surface area (Å²) in [6, 6.07) is 5.58. The lowest BCUT2D eigenvalue weighted by Crippen LogP contribution is -2.04. The van der Waals surface area contributed by atoms with Gasteiger partial charge < -0.3 is 9.47 Å². The van der Waals surface area contributed by atoms with Crippen molar-refractivity contribution >= 4 is 28.5 Å². The summed E-state index contributed by atoms with van der Waals surface area (Å²) in [4.78, 5) is 15.8. The van der Waals surface area contributed by atoms with Gasteiger partial charge in [-0.2, -0.15) is 0 Å². The molecule has 2 rings (SSSR count). The quantitative estimate of drug-likeness (QED) is 0.801. The zero-order valence-electron chi connectivity index (χ0n) is 10.1. The minimum absolute atomic E-state index is 0.265. The van der Waals surface area contributed by atoms with Crippen molar-refractivity contribution in [1.82, 2.24) is 4.98 Å². The number of rotatable bonds is 3. The number of carbonyl (C=O) groups excluding carboxylic acids is 1. The summed E-state index contributed by atoms with van der Waals surface area (Å²) in [5, 5.41) is 1.07. The predicted molar refractivity (Wildman–Crippen MR) is 68.8 cm³/mol. The molecule has 18 heavy (non-hydrogen) atoms. The van der Waals surface area contributed by atoms with Crippen LogP contribution in [0.15, 0.2) is 24.4 Å². The fourth-order valence-electron chi connectivity index (χ4n) is 1.78. The molecule has 0 N–H and O–H groups in total. The Morgan fingerprint density at radius 2 is 2.17 bits per heavy atom. The minimum Gasteiger partial charge on any atom is -0.465 e. The number of hydrogen-bond donors (Lipinski definition) is 0. The summed E-state index contributed by atoms with van der Waals surface area (Å²) in [6.07, 6.45) is 1.43. The number of halogens is 1. The molecule has 0 amide bonds. The molecule has 2 aromatic rings. The molecule has 0 fully saturated rings. The number of benzene rings is 1. The Hall–Kier alpha value is -1.65. The number of esters is 1. The van der Waals surface area contributed by atoms with Crippen LogP contribution in [0.5, 0.6) is 0 Å². The van der Waals surface area contributed by atoms with E-state index < -0.39 is 5.97 Å². The maximum absolute atomic E-state index is 11.5. The van der Waals surface area contributed by atoms with Crippen LogP contribution < -0.4 is 0 Å². The molecular weight excluding hydrogens is 254 g/mol. The van der Waals surface area contributed by atoms with Crippen LogP contribution in [-0.2, 0) is 16.1 Å². The van der Waals surface area contributed by atoms with Gasteiger partial charge in [-0.15, -0.1) is 0 Å². The first-order valence-electron chi connectivity index (χ1n) is 5.32. The van der Waals surface area contributed by atoms with E-state index in [1.807, 2.05) is 18.2 Å². The molecule has 94 valence electrons. The second kappa shape index (κ2) is 5.33. The standard InChI is InChI=1S/C13H12ClNO3/c1-17-7-8-4-3-5-9-11(14)10(13(16)18-2)6-15-12(8)9/h3-6H,7H2,1-2H3. The fourth-order valence-corrected chi connectivity index (χ4v) is 2.05. The summed E-state index contributed by atoms with van der Waals surface area (Å²) in [5.74, 6) is -0.494. The Labute approximate surface area is 109 Å². The molecule has 0 unspecified atom stereocenters. The number of aromatic nitrogens is 1. The SMILES string of the molecule is COCc1cccc2c(Cl)c(C(=O)OC)cnc12. The van der Waals surface area contributed by atoms with Crippen molar-refractivity contribution in [2.75, 3.05) is 14.2 Å². The molecule has 0 aliphatic carbocycles. The third-order valence-electron chi connectivity index (χ3n) is 2.62. The molecule has 0 saturated carbocycles. The van der Waals surface area contributed by atoms with E-state index in [1.165, 1.54) is 13.3 Å². The first kappa shape index (κ1) is 12.8. The first-order chi connectivity index (χ1) is 8.69. The monoisotopic (exact) mass is 265 g/mol. The Bertz CT molecular complexity index is 598. The largest absolute Gasteiger partial charge is 0.465 e. The normalized spacial score (nSPS) is 10.6. The van der Waals surface area contributed by atoms with Crippen LogP contribution in [0.25, 0.3) is 10.9 Å². The van der Waals surface area contributed by atoms with Crippen LogP contribution in [0.4, 0.5) is 0 Å². The van der Waals surface area contributed by atoms with Gasteiger partial charge in [0.15, 0.2) is 0 Å². The van der Waals surface area contributed by atoms with Crippen LogP contribution in [-0.4, -0.2) is 25.2 Å². The van der Waals surface area contributed by atoms with Gasteiger partial charge in [0, 0.05) is 24.3 Å². The molecule has 0 atom stereocenters. The van der Waals surface area contributed by atoms with Gasteiger partial charge in [0.2, 0.25) is 0 Å². The summed E-state index contributed by atoms with van der Waals surface area (Å²) in [5.41, 5.74) is 1.92. The number of para-hydroxylation sites is 1. The van der Waals surface area contributed by atoms with Gasteiger partial charge in [-0.1, -0.05) is 29.8 Å². The summed E-state index contributed by atoms with van der Waals surface area (Å²) in [7, 11) is 2.92. The molecule has 1 heterocycles. The van der Waals surface area contributed by atoms with Crippen molar-refractivity contribution in [3.05, 3.63) is 40.5 Å². The van der Waals surface area contributed by atoms with Crippen LogP contribution in [0, 0.1) is 0 Å². The van der Waals surface area contributed by atoms with Gasteiger partial charge in [-0.25, -0.2) is 4.79 Å². The van der Waals surface area contributed by atoms with E-state index in [9.17, 15) is 4.79 Å². The van der Waals surface area contributed by atoms with Crippen LogP contribution in [0.1, 0.15) is 15.9 Å². The lowest BCUT2D eigenvalue weighted by molar-refractivity contribution is 0.0600. The van der Waals surface area contributed by atoms with Crippen molar-refractivity contribution in [2.45, 2.75) is 6.61 Å². The second-order valence-corrected chi connectivity index (χ2v) is 4.10. The Morgan fingerprint density at radius 1 is 1.39 bits per heavy atom. The maximum Gasteiger partial charge on any atom is 0.340 e. The van der Waals surface area contributed by atoms with E-state index in [0.717, 1.165) is 11.1 Å². The maximum atomic E-state index is 11.5. The average Bonchev–Trinajstić information content (AvgIpc) is 2.39. The van der Waals surface area contributed by atoms with Gasteiger partial charge in [-0.3, -0.25) is 4.98 Å². The highest BCUT2D eigenvalue weighted by atomic mass is 35.5. The second-order valence-electron chi connectivity index (χ2n) is 3.72. The van der Waals surface area contributed by atoms with Crippen molar-refractivity contribution in [3.63, 3.8) is 0 Å². The van der Waals surface area contributed by atoms with Gasteiger partial charge in [0.25, 0.3) is 0 Å². The molecule has 5 heteroatoms. The summed E-state index contributed by atoms with van der Waals surface area (Å²) < 4.78 is 9.76. The molecule has 0 bridgehead atoms. The summed E-state index contributed by atoms with van der Waals surface area (Å²) in [6.45, 7) is 0.443. The minimum atomic E-state index is -0.494. The van der Waals surface area contributed by atoms with E-state index in [0.29, 0.717) is 17.0 Å². The molecular formula is C13H12ClNO3. The lowest BCUT2D eigenvalue weighted by atomic mass is 10.1. The number of hydrogen-bond acceptors (Lipinski definition) is 4. The number of ether oxygens (including phenoxy) is 2. The van der Waals surface area contributed by atoms with Crippen LogP contribution in [0.2, 0.25) is 5.02 Å². The average molecular weight is 266 g/mol. The molecule has 4 nitrogen and oxygen atoms in total. The van der Waals surface area contributed by atoms with Gasteiger partial charge in [-0.05, 0) is 0 Å². The topological polar surface area (TPSA) is 48.4 Å². The van der Waals surface area contributed by atoms with Gasteiger partial charge >= 0.3 is 5.97 Å². The van der Waals surface area contributed by atoms with Crippen LogP contribution >= 0.6 is 11.6 Å². The number of fused-ring (bicyclic) bond motifs is 1. The van der Waals surface area contributed by atoms with Gasteiger partial charge in [0.1, 0.15) is 0 Å². The number of pyridine rings is 1. The van der Waals surface area contributed by atoms with Crippen molar-refractivity contribution in [1.29, 1.82) is 0 Å². The smallest absolute Gasteiger partial charge is 0.340 e. The van der Waals surface area contributed by atoms with Crippen molar-refractivity contribution in [2.24, 2.45) is 0 Å². The number of carbonyl (C=O) groups is 1.